The van der Waals surface area contributed by atoms with Crippen molar-refractivity contribution in [2.45, 2.75) is 5.78 Å². The van der Waals surface area contributed by atoms with Crippen molar-refractivity contribution >= 4 is 19.4 Å². The smallest absolute Gasteiger partial charge is 0.351 e. The minimum absolute atomic E-state index is 0.342. The van der Waals surface area contributed by atoms with Gasteiger partial charge in [0.25, 0.3) is 0 Å². The topological polar surface area (TPSA) is 70.0 Å². The van der Waals surface area contributed by atoms with Crippen LogP contribution in [0.15, 0.2) is 36.9 Å². The van der Waals surface area contributed by atoms with Crippen molar-refractivity contribution in [1.82, 2.24) is 0 Å². The summed E-state index contributed by atoms with van der Waals surface area (Å²) in [5.41, 5.74) is 1.55. The number of ether oxygens (including phenoxy) is 1. The Morgan fingerprint density at radius 3 is 2.89 bits per heavy atom. The van der Waals surface area contributed by atoms with Crippen molar-refractivity contribution in [3.63, 3.8) is 0 Å². The molecule has 1 aromatic rings. The fourth-order valence-corrected chi connectivity index (χ4v) is 2.98. The number of fused-ring (bicyclic) bond motifs is 1. The van der Waals surface area contributed by atoms with Crippen LogP contribution in [0, 0.1) is 0 Å². The van der Waals surface area contributed by atoms with Gasteiger partial charge >= 0.3 is 7.60 Å². The maximum Gasteiger partial charge on any atom is 0.351 e. The molecule has 102 valence electrons. The number of benzene rings is 1. The zero-order valence-electron chi connectivity index (χ0n) is 10.6. The van der Waals surface area contributed by atoms with E-state index in [0.29, 0.717) is 18.0 Å². The fraction of sp³-hybridized carbons (Fsp3) is 0.231. The normalized spacial score (nSPS) is 18.1. The Kier molecular flexibility index (Phi) is 3.80. The Balaban J connectivity index is 2.45. The van der Waals surface area contributed by atoms with E-state index >= 15 is 0 Å². The summed E-state index contributed by atoms with van der Waals surface area (Å²) < 4.78 is 17.0. The Morgan fingerprint density at radius 2 is 2.26 bits per heavy atom. The van der Waals surface area contributed by atoms with E-state index in [2.05, 4.69) is 6.58 Å². The lowest BCUT2D eigenvalue weighted by molar-refractivity contribution is 0.357. The summed E-state index contributed by atoms with van der Waals surface area (Å²) in [6.45, 7) is 3.93. The number of rotatable bonds is 4. The molecule has 1 aliphatic rings. The summed E-state index contributed by atoms with van der Waals surface area (Å²) in [6, 6.07) is 5.49. The first kappa shape index (κ1) is 13.9. The largest absolute Gasteiger partial charge is 0.487 e. The van der Waals surface area contributed by atoms with Crippen molar-refractivity contribution in [2.75, 3.05) is 18.6 Å². The van der Waals surface area contributed by atoms with Crippen molar-refractivity contribution < 1.29 is 19.1 Å². The lowest BCUT2D eigenvalue weighted by Gasteiger charge is -2.33. The molecule has 1 aromatic carbocycles. The summed E-state index contributed by atoms with van der Waals surface area (Å²) in [6.07, 6.45) is 4.85. The molecule has 1 aliphatic heterocycles. The van der Waals surface area contributed by atoms with Gasteiger partial charge in [0.15, 0.2) is 0 Å². The standard InChI is InChI=1S/C13H16NO4P/c1-3-9-18-11-6-4-5-10-7-8-12(19(15,16)17)14(2)13(10)11/h3-8,12H,1,9H2,2H3,(H2,15,16,17). The van der Waals surface area contributed by atoms with Crippen LogP contribution in [-0.2, 0) is 4.57 Å². The molecule has 0 amide bonds. The molecule has 0 bridgehead atoms. The van der Waals surface area contributed by atoms with Crippen LogP contribution in [0.1, 0.15) is 5.56 Å². The highest BCUT2D eigenvalue weighted by Gasteiger charge is 2.34. The van der Waals surface area contributed by atoms with E-state index in [1.807, 2.05) is 12.1 Å². The highest BCUT2D eigenvalue weighted by atomic mass is 31.2. The van der Waals surface area contributed by atoms with E-state index in [9.17, 15) is 14.4 Å². The molecule has 19 heavy (non-hydrogen) atoms. The Hall–Kier alpha value is -1.55. The van der Waals surface area contributed by atoms with E-state index in [1.165, 1.54) is 6.08 Å². The van der Waals surface area contributed by atoms with Crippen LogP contribution in [-0.4, -0.2) is 29.2 Å². The molecule has 0 spiro atoms. The zero-order chi connectivity index (χ0) is 14.0. The molecular formula is C13H16NO4P. The van der Waals surface area contributed by atoms with Crippen LogP contribution in [0.3, 0.4) is 0 Å². The van der Waals surface area contributed by atoms with Crippen LogP contribution in [0.4, 0.5) is 5.69 Å². The maximum absolute atomic E-state index is 11.5. The number of likely N-dealkylation sites (N-methyl/N-ethyl adjacent to an activating group) is 1. The summed E-state index contributed by atoms with van der Waals surface area (Å²) in [5, 5.41) is 0. The molecule has 0 saturated carbocycles. The van der Waals surface area contributed by atoms with Crippen molar-refractivity contribution in [2.24, 2.45) is 0 Å². The van der Waals surface area contributed by atoms with Gasteiger partial charge in [-0.1, -0.05) is 30.9 Å². The monoisotopic (exact) mass is 281 g/mol. The minimum Gasteiger partial charge on any atom is -0.487 e. The molecule has 2 rings (SSSR count). The third kappa shape index (κ3) is 2.73. The summed E-state index contributed by atoms with van der Waals surface area (Å²) >= 11 is 0. The van der Waals surface area contributed by atoms with Crippen LogP contribution in [0.5, 0.6) is 5.75 Å². The minimum atomic E-state index is -4.24. The molecular weight excluding hydrogens is 265 g/mol. The molecule has 6 heteroatoms. The Labute approximate surface area is 112 Å². The third-order valence-corrected chi connectivity index (χ3v) is 4.14. The lowest BCUT2D eigenvalue weighted by atomic mass is 10.1. The number of hydrogen-bond acceptors (Lipinski definition) is 3. The molecule has 1 unspecified atom stereocenters. The van der Waals surface area contributed by atoms with Gasteiger partial charge in [0.05, 0.1) is 5.69 Å². The first-order valence-corrected chi connectivity index (χ1v) is 7.46. The second-order valence-electron chi connectivity index (χ2n) is 4.27. The van der Waals surface area contributed by atoms with E-state index in [-0.39, 0.29) is 0 Å². The highest BCUT2D eigenvalue weighted by Crippen LogP contribution is 2.49. The van der Waals surface area contributed by atoms with E-state index in [1.54, 1.807) is 30.2 Å². The van der Waals surface area contributed by atoms with Gasteiger partial charge in [-0.25, -0.2) is 0 Å². The zero-order valence-corrected chi connectivity index (χ0v) is 11.5. The van der Waals surface area contributed by atoms with Gasteiger partial charge in [0.2, 0.25) is 0 Å². The Morgan fingerprint density at radius 1 is 1.53 bits per heavy atom. The molecule has 5 nitrogen and oxygen atoms in total. The van der Waals surface area contributed by atoms with E-state index in [0.717, 1.165) is 5.56 Å². The first-order valence-electron chi connectivity index (χ1n) is 5.78. The quantitative estimate of drug-likeness (QED) is 0.654. The molecule has 0 aromatic heterocycles. The van der Waals surface area contributed by atoms with Gasteiger partial charge in [-0.3, -0.25) is 4.57 Å². The van der Waals surface area contributed by atoms with Crippen LogP contribution in [0.2, 0.25) is 0 Å². The molecule has 0 fully saturated rings. The summed E-state index contributed by atoms with van der Waals surface area (Å²) in [4.78, 5) is 20.3. The number of nitrogens with zero attached hydrogens (tertiary/aromatic N) is 1. The van der Waals surface area contributed by atoms with Gasteiger partial charge < -0.3 is 19.4 Å². The van der Waals surface area contributed by atoms with Gasteiger partial charge in [-0.2, -0.15) is 0 Å². The molecule has 0 saturated heterocycles. The van der Waals surface area contributed by atoms with Gasteiger partial charge in [-0.05, 0) is 12.1 Å². The first-order chi connectivity index (χ1) is 8.95. The average molecular weight is 281 g/mol. The van der Waals surface area contributed by atoms with Gasteiger partial charge in [-0.15, -0.1) is 0 Å². The predicted octanol–water partition coefficient (Wildman–Crippen LogP) is 2.22. The van der Waals surface area contributed by atoms with Crippen LogP contribution < -0.4 is 9.64 Å². The average Bonchev–Trinajstić information content (AvgIpc) is 2.35. The predicted molar refractivity (Wildman–Crippen MR) is 75.4 cm³/mol. The van der Waals surface area contributed by atoms with Crippen molar-refractivity contribution in [3.05, 3.63) is 42.5 Å². The second-order valence-corrected chi connectivity index (χ2v) is 5.97. The summed E-state index contributed by atoms with van der Waals surface area (Å²) in [5.74, 6) is -0.379. The van der Waals surface area contributed by atoms with Crippen LogP contribution >= 0.6 is 7.60 Å². The van der Waals surface area contributed by atoms with E-state index in [4.69, 9.17) is 4.74 Å². The van der Waals surface area contributed by atoms with Gasteiger partial charge in [0.1, 0.15) is 18.1 Å². The molecule has 0 radical (unpaired) electrons. The summed E-state index contributed by atoms with van der Waals surface area (Å²) in [7, 11) is -2.59. The number of para-hydroxylation sites is 1. The molecule has 2 N–H and O–H groups in total. The van der Waals surface area contributed by atoms with E-state index < -0.39 is 13.4 Å². The fourth-order valence-electron chi connectivity index (χ4n) is 2.11. The molecule has 1 atom stereocenters. The SMILES string of the molecule is C=CCOc1cccc2c1N(C)C(P(=O)(O)O)C=C2. The van der Waals surface area contributed by atoms with Crippen molar-refractivity contribution in [1.29, 1.82) is 0 Å². The van der Waals surface area contributed by atoms with Crippen molar-refractivity contribution in [3.8, 4) is 5.75 Å². The third-order valence-electron chi connectivity index (χ3n) is 2.93. The highest BCUT2D eigenvalue weighted by molar-refractivity contribution is 7.53. The Bertz CT molecular complexity index is 564. The lowest BCUT2D eigenvalue weighted by Crippen LogP contribution is -2.32. The molecule has 1 heterocycles. The second kappa shape index (κ2) is 5.21. The number of anilines is 1. The maximum atomic E-state index is 11.5. The number of hydrogen-bond donors (Lipinski definition) is 2. The molecule has 0 aliphatic carbocycles. The van der Waals surface area contributed by atoms with Crippen LogP contribution in [0.25, 0.3) is 6.08 Å². The van der Waals surface area contributed by atoms with Gasteiger partial charge in [0, 0.05) is 12.6 Å².